The Hall–Kier alpha value is -1.29. The van der Waals surface area contributed by atoms with Crippen molar-refractivity contribution in [2.24, 2.45) is 0 Å². The van der Waals surface area contributed by atoms with Crippen LogP contribution < -0.4 is 5.73 Å². The largest absolute Gasteiger partial charge is 0.367 e. The van der Waals surface area contributed by atoms with Crippen molar-refractivity contribution in [1.82, 2.24) is 5.16 Å². The molecule has 0 fully saturated rings. The summed E-state index contributed by atoms with van der Waals surface area (Å²) in [5, 5.41) is 4.24. The van der Waals surface area contributed by atoms with E-state index in [4.69, 9.17) is 10.3 Å². The highest BCUT2D eigenvalue weighted by atomic mass is 79.9. The third-order valence-corrected chi connectivity index (χ3v) is 4.37. The molecule has 0 aliphatic rings. The van der Waals surface area contributed by atoms with Crippen molar-refractivity contribution in [2.45, 2.75) is 45.4 Å². The van der Waals surface area contributed by atoms with Crippen molar-refractivity contribution >= 4 is 21.8 Å². The molecule has 20 heavy (non-hydrogen) atoms. The summed E-state index contributed by atoms with van der Waals surface area (Å²) in [4.78, 5) is 0. The molecule has 1 heterocycles. The van der Waals surface area contributed by atoms with Crippen LogP contribution in [-0.2, 0) is 0 Å². The van der Waals surface area contributed by atoms with Gasteiger partial charge < -0.3 is 10.3 Å². The second kappa shape index (κ2) is 6.93. The van der Waals surface area contributed by atoms with Gasteiger partial charge in [-0.05, 0) is 18.9 Å². The van der Waals surface area contributed by atoms with E-state index in [1.807, 2.05) is 24.3 Å². The number of rotatable bonds is 6. The summed E-state index contributed by atoms with van der Waals surface area (Å²) in [5.74, 6) is 0.806. The lowest BCUT2D eigenvalue weighted by Crippen LogP contribution is -2.01. The second-order valence-corrected chi connectivity index (χ2v) is 5.89. The molecule has 2 N–H and O–H groups in total. The fourth-order valence-corrected chi connectivity index (χ4v) is 3.00. The lowest BCUT2D eigenvalue weighted by Gasteiger charge is -2.14. The average Bonchev–Trinajstić information content (AvgIpc) is 2.82. The smallest absolute Gasteiger partial charge is 0.230 e. The Morgan fingerprint density at radius 2 is 2.05 bits per heavy atom. The van der Waals surface area contributed by atoms with E-state index in [1.54, 1.807) is 0 Å². The van der Waals surface area contributed by atoms with E-state index in [0.717, 1.165) is 34.1 Å². The lowest BCUT2D eigenvalue weighted by molar-refractivity contribution is 0.412. The van der Waals surface area contributed by atoms with E-state index in [0.29, 0.717) is 11.8 Å². The van der Waals surface area contributed by atoms with Gasteiger partial charge in [0.25, 0.3) is 0 Å². The van der Waals surface area contributed by atoms with Gasteiger partial charge in [-0.25, -0.2) is 0 Å². The Morgan fingerprint density at radius 1 is 1.30 bits per heavy atom. The highest BCUT2D eigenvalue weighted by molar-refractivity contribution is 9.10. The molecule has 0 saturated carbocycles. The fraction of sp³-hybridized carbons (Fsp3) is 0.438. The molecular formula is C16H21BrN2O. The molecule has 0 spiro atoms. The van der Waals surface area contributed by atoms with Gasteiger partial charge in [-0.1, -0.05) is 66.0 Å². The van der Waals surface area contributed by atoms with Crippen LogP contribution in [0.4, 0.5) is 5.88 Å². The van der Waals surface area contributed by atoms with Gasteiger partial charge in [-0.15, -0.1) is 0 Å². The van der Waals surface area contributed by atoms with E-state index in [1.165, 1.54) is 12.8 Å². The van der Waals surface area contributed by atoms with Crippen LogP contribution in [0.5, 0.6) is 0 Å². The first kappa shape index (κ1) is 15.1. The molecule has 1 atom stereocenters. The van der Waals surface area contributed by atoms with Gasteiger partial charge in [0.1, 0.15) is 0 Å². The summed E-state index contributed by atoms with van der Waals surface area (Å²) >= 11 is 3.58. The van der Waals surface area contributed by atoms with Gasteiger partial charge in [-0.3, -0.25) is 0 Å². The Labute approximate surface area is 128 Å². The number of halogens is 1. The number of hydrogen-bond donors (Lipinski definition) is 1. The molecule has 108 valence electrons. The number of anilines is 1. The zero-order valence-corrected chi connectivity index (χ0v) is 13.6. The maximum atomic E-state index is 6.01. The molecule has 1 aromatic carbocycles. The van der Waals surface area contributed by atoms with Gasteiger partial charge in [-0.2, -0.15) is 0 Å². The minimum atomic E-state index is 0.401. The topological polar surface area (TPSA) is 52.0 Å². The van der Waals surface area contributed by atoms with Crippen molar-refractivity contribution in [3.05, 3.63) is 34.4 Å². The first-order valence-electron chi connectivity index (χ1n) is 7.18. The van der Waals surface area contributed by atoms with Crippen molar-refractivity contribution in [3.8, 4) is 11.1 Å². The van der Waals surface area contributed by atoms with Crippen LogP contribution in [0, 0.1) is 0 Å². The predicted molar refractivity (Wildman–Crippen MR) is 86.6 cm³/mol. The molecule has 2 aromatic rings. The molecule has 2 rings (SSSR count). The minimum absolute atomic E-state index is 0.401. The van der Waals surface area contributed by atoms with Crippen LogP contribution in [0.2, 0.25) is 0 Å². The second-order valence-electron chi connectivity index (χ2n) is 5.03. The zero-order valence-electron chi connectivity index (χ0n) is 12.0. The summed E-state index contributed by atoms with van der Waals surface area (Å²) < 4.78 is 6.29. The van der Waals surface area contributed by atoms with Crippen LogP contribution in [0.3, 0.4) is 0 Å². The molecule has 0 radical (unpaired) electrons. The average molecular weight is 337 g/mol. The Kier molecular flexibility index (Phi) is 5.24. The molecule has 0 aliphatic heterocycles. The van der Waals surface area contributed by atoms with Crippen molar-refractivity contribution in [1.29, 1.82) is 0 Å². The van der Waals surface area contributed by atoms with Gasteiger partial charge in [0.05, 0.1) is 11.3 Å². The third kappa shape index (κ3) is 3.06. The molecule has 3 nitrogen and oxygen atoms in total. The Balaban J connectivity index is 2.44. The van der Waals surface area contributed by atoms with Crippen LogP contribution in [0.25, 0.3) is 11.1 Å². The third-order valence-electron chi connectivity index (χ3n) is 3.67. The van der Waals surface area contributed by atoms with Gasteiger partial charge in [0.2, 0.25) is 5.88 Å². The van der Waals surface area contributed by atoms with Crippen molar-refractivity contribution in [2.75, 3.05) is 5.73 Å². The number of nitrogens with zero attached hydrogens (tertiary/aromatic N) is 1. The van der Waals surface area contributed by atoms with E-state index < -0.39 is 0 Å². The van der Waals surface area contributed by atoms with Gasteiger partial charge >= 0.3 is 0 Å². The molecular weight excluding hydrogens is 316 g/mol. The number of hydrogen-bond acceptors (Lipinski definition) is 3. The maximum Gasteiger partial charge on any atom is 0.230 e. The number of benzene rings is 1. The molecule has 4 heteroatoms. The summed E-state index contributed by atoms with van der Waals surface area (Å²) in [7, 11) is 0. The Morgan fingerprint density at radius 3 is 2.70 bits per heavy atom. The summed E-state index contributed by atoms with van der Waals surface area (Å²) in [6, 6.07) is 8.05. The van der Waals surface area contributed by atoms with E-state index >= 15 is 0 Å². The molecule has 0 amide bonds. The number of nitrogens with two attached hydrogens (primary N) is 1. The molecule has 0 saturated heterocycles. The van der Waals surface area contributed by atoms with Crippen LogP contribution >= 0.6 is 15.9 Å². The predicted octanol–water partition coefficient (Wildman–Crippen LogP) is 5.37. The highest BCUT2D eigenvalue weighted by Gasteiger charge is 2.23. The van der Waals surface area contributed by atoms with Gasteiger partial charge in [0.15, 0.2) is 0 Å². The fourth-order valence-electron chi connectivity index (χ4n) is 2.51. The Bertz CT molecular complexity index is 565. The maximum absolute atomic E-state index is 6.01. The van der Waals surface area contributed by atoms with Crippen LogP contribution in [-0.4, -0.2) is 5.16 Å². The van der Waals surface area contributed by atoms with Gasteiger partial charge in [0, 0.05) is 16.0 Å². The summed E-state index contributed by atoms with van der Waals surface area (Å²) in [6.45, 7) is 4.40. The van der Waals surface area contributed by atoms with Crippen molar-refractivity contribution < 1.29 is 4.52 Å². The van der Waals surface area contributed by atoms with Crippen molar-refractivity contribution in [3.63, 3.8) is 0 Å². The zero-order chi connectivity index (χ0) is 14.5. The number of nitrogen functional groups attached to an aromatic ring is 1. The molecule has 0 aliphatic carbocycles. The number of aromatic nitrogens is 1. The minimum Gasteiger partial charge on any atom is -0.367 e. The first-order chi connectivity index (χ1) is 9.69. The quantitative estimate of drug-likeness (QED) is 0.771. The van der Waals surface area contributed by atoms with E-state index in [2.05, 4.69) is 34.9 Å². The lowest BCUT2D eigenvalue weighted by atomic mass is 9.91. The normalized spacial score (nSPS) is 12.6. The summed E-state index contributed by atoms with van der Waals surface area (Å²) in [6.07, 6.45) is 4.55. The van der Waals surface area contributed by atoms with E-state index in [9.17, 15) is 0 Å². The SMILES string of the molecule is CCCCC(CC)c1noc(N)c1-c1ccccc1Br. The standard InChI is InChI=1S/C16H21BrN2O/c1-3-5-8-11(4-2)15-14(16(18)20-19-15)12-9-6-7-10-13(12)17/h6-7,9-11H,3-5,8,18H2,1-2H3. The summed E-state index contributed by atoms with van der Waals surface area (Å²) in [5.41, 5.74) is 9.00. The monoisotopic (exact) mass is 336 g/mol. The highest BCUT2D eigenvalue weighted by Crippen LogP contribution is 2.40. The van der Waals surface area contributed by atoms with Crippen LogP contribution in [0.15, 0.2) is 33.3 Å². The van der Waals surface area contributed by atoms with Crippen LogP contribution in [0.1, 0.15) is 51.1 Å². The molecule has 1 unspecified atom stereocenters. The first-order valence-corrected chi connectivity index (χ1v) is 7.98. The van der Waals surface area contributed by atoms with E-state index in [-0.39, 0.29) is 0 Å². The molecule has 1 aromatic heterocycles. The molecule has 0 bridgehead atoms. The number of unbranched alkanes of at least 4 members (excludes halogenated alkanes) is 1.